The van der Waals surface area contributed by atoms with Crippen LogP contribution in [0.1, 0.15) is 51.4 Å². The van der Waals surface area contributed by atoms with Gasteiger partial charge in [0, 0.05) is 6.42 Å². The van der Waals surface area contributed by atoms with Gasteiger partial charge in [-0.25, -0.2) is 0 Å². The maximum Gasteiger partial charge on any atom is 0.158 e. The number of hydrogen-bond acceptors (Lipinski definition) is 1. The van der Waals surface area contributed by atoms with E-state index in [9.17, 15) is 4.79 Å². The Kier molecular flexibility index (Phi) is 2.27. The van der Waals surface area contributed by atoms with Crippen molar-refractivity contribution in [2.24, 2.45) is 5.92 Å². The number of Topliss-reactive ketones (excluding diaryl/α,β-unsaturated/α-hetero) is 1. The van der Waals surface area contributed by atoms with E-state index in [2.05, 4.69) is 6.08 Å². The van der Waals surface area contributed by atoms with E-state index in [0.29, 0.717) is 5.78 Å². The average Bonchev–Trinajstić information content (AvgIpc) is 2.41. The first-order valence-corrected chi connectivity index (χ1v) is 6.30. The summed E-state index contributed by atoms with van der Waals surface area (Å²) in [5, 5.41) is 0. The summed E-state index contributed by atoms with van der Waals surface area (Å²) in [6.07, 6.45) is 11.7. The van der Waals surface area contributed by atoms with E-state index >= 15 is 0 Å². The Morgan fingerprint density at radius 3 is 2.87 bits per heavy atom. The fourth-order valence-electron chi connectivity index (χ4n) is 3.38. The zero-order chi connectivity index (χ0) is 10.3. The molecule has 3 aliphatic carbocycles. The summed E-state index contributed by atoms with van der Waals surface area (Å²) in [7, 11) is 0. The van der Waals surface area contributed by atoms with Gasteiger partial charge in [0.25, 0.3) is 0 Å². The van der Waals surface area contributed by atoms with Gasteiger partial charge in [0.15, 0.2) is 5.78 Å². The maximum atomic E-state index is 11.8. The van der Waals surface area contributed by atoms with Crippen molar-refractivity contribution in [3.05, 3.63) is 22.8 Å². The van der Waals surface area contributed by atoms with Crippen LogP contribution in [-0.4, -0.2) is 5.78 Å². The Morgan fingerprint density at radius 2 is 1.93 bits per heavy atom. The van der Waals surface area contributed by atoms with Crippen molar-refractivity contribution in [2.45, 2.75) is 51.4 Å². The molecule has 1 unspecified atom stereocenters. The summed E-state index contributed by atoms with van der Waals surface area (Å²) in [5.41, 5.74) is 4.38. The minimum Gasteiger partial charge on any atom is -0.295 e. The van der Waals surface area contributed by atoms with E-state index in [1.807, 2.05) is 0 Å². The fourth-order valence-corrected chi connectivity index (χ4v) is 3.38. The van der Waals surface area contributed by atoms with Crippen LogP contribution >= 0.6 is 0 Å². The molecular formula is C14H18O. The van der Waals surface area contributed by atoms with Gasteiger partial charge in [0.2, 0.25) is 0 Å². The lowest BCUT2D eigenvalue weighted by Gasteiger charge is -2.29. The van der Waals surface area contributed by atoms with Crippen LogP contribution in [0.15, 0.2) is 22.8 Å². The first-order chi connectivity index (χ1) is 7.34. The summed E-state index contributed by atoms with van der Waals surface area (Å²) >= 11 is 0. The van der Waals surface area contributed by atoms with Gasteiger partial charge in [0.05, 0.1) is 0 Å². The van der Waals surface area contributed by atoms with Crippen molar-refractivity contribution in [3.63, 3.8) is 0 Å². The number of ketones is 1. The lowest BCUT2D eigenvalue weighted by molar-refractivity contribution is -0.115. The Balaban J connectivity index is 2.02. The molecule has 0 N–H and O–H groups in total. The second-order valence-corrected chi connectivity index (χ2v) is 5.14. The van der Waals surface area contributed by atoms with Gasteiger partial charge in [0.1, 0.15) is 0 Å². The standard InChI is InChI=1S/C14H18O/c15-14-7-3-5-11-9-12(14)8-10-4-1-2-6-13(10)11/h8,11H,1-7,9H2. The van der Waals surface area contributed by atoms with Gasteiger partial charge in [-0.1, -0.05) is 11.6 Å². The zero-order valence-corrected chi connectivity index (χ0v) is 9.22. The van der Waals surface area contributed by atoms with Crippen molar-refractivity contribution in [1.82, 2.24) is 0 Å². The number of rotatable bonds is 0. The van der Waals surface area contributed by atoms with E-state index < -0.39 is 0 Å². The molecule has 1 atom stereocenters. The summed E-state index contributed by atoms with van der Waals surface area (Å²) in [5.74, 6) is 1.15. The van der Waals surface area contributed by atoms with Crippen LogP contribution in [0.4, 0.5) is 0 Å². The molecule has 0 radical (unpaired) electrons. The van der Waals surface area contributed by atoms with Crippen molar-refractivity contribution in [1.29, 1.82) is 0 Å². The molecule has 0 aromatic carbocycles. The zero-order valence-electron chi connectivity index (χ0n) is 9.22. The SMILES string of the molecule is O=C1CCCC2CC1=CC1=C2CCCC1. The first kappa shape index (κ1) is 9.38. The smallest absolute Gasteiger partial charge is 0.158 e. The normalized spacial score (nSPS) is 30.8. The molecule has 1 nitrogen and oxygen atoms in total. The summed E-state index contributed by atoms with van der Waals surface area (Å²) in [6, 6.07) is 0. The third kappa shape index (κ3) is 1.58. The molecule has 3 aliphatic rings. The van der Waals surface area contributed by atoms with Gasteiger partial charge in [-0.2, -0.15) is 0 Å². The Labute approximate surface area is 91.2 Å². The van der Waals surface area contributed by atoms with Gasteiger partial charge in [-0.3, -0.25) is 4.79 Å². The van der Waals surface area contributed by atoms with Crippen molar-refractivity contribution < 1.29 is 4.79 Å². The molecule has 0 spiro atoms. The highest BCUT2D eigenvalue weighted by Gasteiger charge is 2.29. The monoisotopic (exact) mass is 202 g/mol. The van der Waals surface area contributed by atoms with Crippen molar-refractivity contribution in [2.75, 3.05) is 0 Å². The Bertz CT molecular complexity index is 360. The second kappa shape index (κ2) is 3.62. The van der Waals surface area contributed by atoms with Crippen LogP contribution in [0, 0.1) is 5.92 Å². The molecule has 1 heteroatoms. The molecule has 15 heavy (non-hydrogen) atoms. The number of carbonyl (C=O) groups is 1. The highest BCUT2D eigenvalue weighted by Crippen LogP contribution is 2.42. The van der Waals surface area contributed by atoms with Crippen LogP contribution in [0.2, 0.25) is 0 Å². The van der Waals surface area contributed by atoms with E-state index in [0.717, 1.165) is 30.8 Å². The molecule has 1 saturated carbocycles. The predicted molar refractivity (Wildman–Crippen MR) is 60.5 cm³/mol. The van der Waals surface area contributed by atoms with E-state index in [4.69, 9.17) is 0 Å². The maximum absolute atomic E-state index is 11.8. The molecule has 0 aromatic rings. The van der Waals surface area contributed by atoms with Crippen LogP contribution in [0.3, 0.4) is 0 Å². The lowest BCUT2D eigenvalue weighted by Crippen LogP contribution is -2.15. The molecular weight excluding hydrogens is 184 g/mol. The highest BCUT2D eigenvalue weighted by atomic mass is 16.1. The van der Waals surface area contributed by atoms with E-state index in [1.54, 1.807) is 5.57 Å². The average molecular weight is 202 g/mol. The Hall–Kier alpha value is -0.850. The molecule has 0 aliphatic heterocycles. The van der Waals surface area contributed by atoms with Gasteiger partial charge in [-0.15, -0.1) is 0 Å². The number of hydrogen-bond donors (Lipinski definition) is 0. The summed E-state index contributed by atoms with van der Waals surface area (Å²) in [6.45, 7) is 0. The lowest BCUT2D eigenvalue weighted by atomic mass is 9.76. The minimum atomic E-state index is 0.426. The Morgan fingerprint density at radius 1 is 1.07 bits per heavy atom. The van der Waals surface area contributed by atoms with E-state index in [-0.39, 0.29) is 0 Å². The predicted octanol–water partition coefficient (Wildman–Crippen LogP) is 3.56. The highest BCUT2D eigenvalue weighted by molar-refractivity contribution is 5.96. The fraction of sp³-hybridized carbons (Fsp3) is 0.643. The second-order valence-electron chi connectivity index (χ2n) is 5.14. The van der Waals surface area contributed by atoms with Crippen molar-refractivity contribution >= 4 is 5.78 Å². The third-order valence-electron chi connectivity index (χ3n) is 4.18. The van der Waals surface area contributed by atoms with Gasteiger partial charge in [-0.05, 0) is 62.0 Å². The number of allylic oxidation sites excluding steroid dienone is 4. The number of carbonyl (C=O) groups excluding carboxylic acids is 1. The minimum absolute atomic E-state index is 0.426. The molecule has 3 rings (SSSR count). The van der Waals surface area contributed by atoms with Gasteiger partial charge < -0.3 is 0 Å². The van der Waals surface area contributed by atoms with Crippen LogP contribution in [0.25, 0.3) is 0 Å². The molecule has 0 heterocycles. The van der Waals surface area contributed by atoms with E-state index in [1.165, 1.54) is 37.7 Å². The molecule has 0 saturated heterocycles. The summed E-state index contributed by atoms with van der Waals surface area (Å²) in [4.78, 5) is 11.8. The molecule has 1 fully saturated rings. The molecule has 0 aromatic heterocycles. The van der Waals surface area contributed by atoms with Crippen molar-refractivity contribution in [3.8, 4) is 0 Å². The summed E-state index contributed by atoms with van der Waals surface area (Å²) < 4.78 is 0. The quantitative estimate of drug-likeness (QED) is 0.587. The topological polar surface area (TPSA) is 17.1 Å². The molecule has 0 amide bonds. The van der Waals surface area contributed by atoms with Crippen LogP contribution < -0.4 is 0 Å². The molecule has 80 valence electrons. The van der Waals surface area contributed by atoms with Crippen LogP contribution in [0.5, 0.6) is 0 Å². The first-order valence-electron chi connectivity index (χ1n) is 6.30. The molecule has 2 bridgehead atoms. The third-order valence-corrected chi connectivity index (χ3v) is 4.18. The van der Waals surface area contributed by atoms with Gasteiger partial charge >= 0.3 is 0 Å². The number of fused-ring (bicyclic) bond motifs is 3. The van der Waals surface area contributed by atoms with Crippen LogP contribution in [-0.2, 0) is 4.79 Å². The largest absolute Gasteiger partial charge is 0.295 e.